The predicted octanol–water partition coefficient (Wildman–Crippen LogP) is 4.47. The van der Waals surface area contributed by atoms with E-state index >= 15 is 0 Å². The first kappa shape index (κ1) is 24.4. The zero-order valence-corrected chi connectivity index (χ0v) is 20.7. The number of carbonyl (C=O) groups is 2. The van der Waals surface area contributed by atoms with Crippen molar-refractivity contribution in [2.45, 2.75) is 45.1 Å². The van der Waals surface area contributed by atoms with Crippen LogP contribution < -0.4 is 11.0 Å². The van der Waals surface area contributed by atoms with E-state index in [1.165, 1.54) is 16.5 Å². The quantitative estimate of drug-likeness (QED) is 0.231. The van der Waals surface area contributed by atoms with Crippen LogP contribution in [0.4, 0.5) is 0 Å². The Morgan fingerprint density at radius 3 is 2.59 bits per heavy atom. The summed E-state index contributed by atoms with van der Waals surface area (Å²) in [6.45, 7) is 1.86. The van der Waals surface area contributed by atoms with Crippen LogP contribution in [-0.4, -0.2) is 32.4 Å². The number of rotatable bonds is 5. The van der Waals surface area contributed by atoms with Gasteiger partial charge in [-0.25, -0.2) is 9.78 Å². The van der Waals surface area contributed by atoms with Crippen molar-refractivity contribution >= 4 is 34.6 Å². The Bertz CT molecular complexity index is 1630. The lowest BCUT2D eigenvalue weighted by Crippen LogP contribution is -2.35. The zero-order chi connectivity index (χ0) is 25.8. The SMILES string of the molecule is CCOC(=O)c1cc2c(=O)n3ccccc3nc2n(C2CCCCC2)c1=NC(=O)C=Cc1ccccc1. The number of benzene rings is 1. The molecule has 0 spiro atoms. The minimum absolute atomic E-state index is 0.0617. The highest BCUT2D eigenvalue weighted by Crippen LogP contribution is 2.29. The Kier molecular flexibility index (Phi) is 7.07. The molecule has 4 aromatic rings. The van der Waals surface area contributed by atoms with Crippen LogP contribution in [0, 0.1) is 0 Å². The fourth-order valence-corrected chi connectivity index (χ4v) is 4.87. The van der Waals surface area contributed by atoms with E-state index < -0.39 is 11.9 Å². The van der Waals surface area contributed by atoms with E-state index in [-0.39, 0.29) is 34.6 Å². The molecule has 3 heterocycles. The van der Waals surface area contributed by atoms with Crippen LogP contribution in [0.25, 0.3) is 22.8 Å². The molecule has 0 unspecified atom stereocenters. The third-order valence-corrected chi connectivity index (χ3v) is 6.60. The molecule has 0 saturated heterocycles. The highest BCUT2D eigenvalue weighted by Gasteiger charge is 2.25. The van der Waals surface area contributed by atoms with E-state index in [2.05, 4.69) is 4.99 Å². The topological polar surface area (TPSA) is 95.0 Å². The van der Waals surface area contributed by atoms with E-state index in [0.717, 1.165) is 37.7 Å². The van der Waals surface area contributed by atoms with Crippen molar-refractivity contribution in [3.8, 4) is 0 Å². The number of amides is 1. The number of pyridine rings is 2. The Hall–Kier alpha value is -4.33. The van der Waals surface area contributed by atoms with E-state index in [1.807, 2.05) is 41.0 Å². The lowest BCUT2D eigenvalue weighted by Gasteiger charge is -2.26. The van der Waals surface area contributed by atoms with E-state index in [1.54, 1.807) is 31.3 Å². The van der Waals surface area contributed by atoms with E-state index in [4.69, 9.17) is 9.72 Å². The molecule has 8 nitrogen and oxygen atoms in total. The van der Waals surface area contributed by atoms with Crippen molar-refractivity contribution in [3.63, 3.8) is 0 Å². The van der Waals surface area contributed by atoms with Crippen LogP contribution in [0.15, 0.2) is 76.7 Å². The number of esters is 1. The molecule has 188 valence electrons. The lowest BCUT2D eigenvalue weighted by molar-refractivity contribution is -0.113. The highest BCUT2D eigenvalue weighted by molar-refractivity contribution is 5.96. The maximum absolute atomic E-state index is 13.5. The zero-order valence-electron chi connectivity index (χ0n) is 20.7. The van der Waals surface area contributed by atoms with Crippen molar-refractivity contribution in [1.82, 2.24) is 14.0 Å². The summed E-state index contributed by atoms with van der Waals surface area (Å²) in [4.78, 5) is 48.9. The van der Waals surface area contributed by atoms with Crippen LogP contribution in [0.5, 0.6) is 0 Å². The number of nitrogens with zero attached hydrogens (tertiary/aromatic N) is 4. The molecule has 0 N–H and O–H groups in total. The van der Waals surface area contributed by atoms with Gasteiger partial charge in [-0.1, -0.05) is 55.7 Å². The number of carbonyl (C=O) groups excluding carboxylic acids is 2. The maximum Gasteiger partial charge on any atom is 0.341 e. The lowest BCUT2D eigenvalue weighted by atomic mass is 9.94. The third kappa shape index (κ3) is 5.00. The minimum Gasteiger partial charge on any atom is -0.462 e. The number of hydrogen-bond donors (Lipinski definition) is 0. The molecular weight excluding hydrogens is 468 g/mol. The number of hydrogen-bond acceptors (Lipinski definition) is 5. The molecule has 1 aliphatic rings. The normalized spacial score (nSPS) is 15.0. The van der Waals surface area contributed by atoms with Crippen molar-refractivity contribution < 1.29 is 14.3 Å². The smallest absolute Gasteiger partial charge is 0.341 e. The summed E-state index contributed by atoms with van der Waals surface area (Å²) in [5.41, 5.74) is 1.71. The second-order valence-corrected chi connectivity index (χ2v) is 9.04. The van der Waals surface area contributed by atoms with E-state index in [0.29, 0.717) is 11.3 Å². The molecule has 0 radical (unpaired) electrons. The largest absolute Gasteiger partial charge is 0.462 e. The molecule has 0 aliphatic heterocycles. The summed E-state index contributed by atoms with van der Waals surface area (Å²) in [5.74, 6) is -1.15. The van der Waals surface area contributed by atoms with Crippen LogP contribution >= 0.6 is 0 Å². The van der Waals surface area contributed by atoms with E-state index in [9.17, 15) is 14.4 Å². The van der Waals surface area contributed by atoms with Gasteiger partial charge in [0, 0.05) is 18.3 Å². The van der Waals surface area contributed by atoms with Gasteiger partial charge in [-0.3, -0.25) is 14.0 Å². The molecular formula is C29H28N4O4. The van der Waals surface area contributed by atoms with Gasteiger partial charge in [-0.05, 0) is 49.6 Å². The Balaban J connectivity index is 1.81. The molecule has 0 atom stereocenters. The Labute approximate surface area is 213 Å². The average Bonchev–Trinajstić information content (AvgIpc) is 2.93. The second-order valence-electron chi connectivity index (χ2n) is 9.04. The molecule has 8 heteroatoms. The molecule has 1 saturated carbocycles. The molecule has 1 fully saturated rings. The molecule has 1 aromatic carbocycles. The number of fused-ring (bicyclic) bond motifs is 2. The Morgan fingerprint density at radius 2 is 1.84 bits per heavy atom. The molecule has 1 amide bonds. The van der Waals surface area contributed by atoms with Crippen LogP contribution in [0.1, 0.15) is 61.0 Å². The number of aromatic nitrogens is 3. The summed E-state index contributed by atoms with van der Waals surface area (Å²) in [6, 6.07) is 16.2. The van der Waals surface area contributed by atoms with Gasteiger partial charge in [-0.2, -0.15) is 4.99 Å². The van der Waals surface area contributed by atoms with Crippen molar-refractivity contribution in [3.05, 3.63) is 93.8 Å². The van der Waals surface area contributed by atoms with Gasteiger partial charge in [0.15, 0.2) is 5.49 Å². The van der Waals surface area contributed by atoms with Crippen molar-refractivity contribution in [2.75, 3.05) is 6.61 Å². The average molecular weight is 497 g/mol. The highest BCUT2D eigenvalue weighted by atomic mass is 16.5. The summed E-state index contributed by atoms with van der Waals surface area (Å²) < 4.78 is 8.60. The standard InChI is InChI=1S/C29H28N4O4/c1-2-37-29(36)23-19-22-26(30-24-15-9-10-18-32(24)28(22)35)33(21-13-7-4-8-14-21)27(23)31-25(34)17-16-20-11-5-3-6-12-20/h3,5-6,9-12,15-19,21H,2,4,7-8,13-14H2,1H3. The van der Waals surface area contributed by atoms with Crippen molar-refractivity contribution in [2.24, 2.45) is 4.99 Å². The van der Waals surface area contributed by atoms with Gasteiger partial charge >= 0.3 is 5.97 Å². The summed E-state index contributed by atoms with van der Waals surface area (Å²) in [7, 11) is 0. The first-order valence-electron chi connectivity index (χ1n) is 12.6. The molecule has 0 bridgehead atoms. The maximum atomic E-state index is 13.5. The van der Waals surface area contributed by atoms with Crippen LogP contribution in [0.3, 0.4) is 0 Å². The first-order chi connectivity index (χ1) is 18.1. The van der Waals surface area contributed by atoms with Gasteiger partial charge in [0.2, 0.25) is 0 Å². The summed E-state index contributed by atoms with van der Waals surface area (Å²) in [6.07, 6.45) is 9.47. The predicted molar refractivity (Wildman–Crippen MR) is 141 cm³/mol. The van der Waals surface area contributed by atoms with Gasteiger partial charge < -0.3 is 9.30 Å². The molecule has 3 aromatic heterocycles. The summed E-state index contributed by atoms with van der Waals surface area (Å²) >= 11 is 0. The fourth-order valence-electron chi connectivity index (χ4n) is 4.87. The molecule has 37 heavy (non-hydrogen) atoms. The minimum atomic E-state index is -0.634. The van der Waals surface area contributed by atoms with Gasteiger partial charge in [-0.15, -0.1) is 0 Å². The van der Waals surface area contributed by atoms with Gasteiger partial charge in [0.25, 0.3) is 11.5 Å². The van der Waals surface area contributed by atoms with Crippen molar-refractivity contribution in [1.29, 1.82) is 0 Å². The number of ether oxygens (including phenoxy) is 1. The third-order valence-electron chi connectivity index (χ3n) is 6.60. The van der Waals surface area contributed by atoms with Crippen LogP contribution in [-0.2, 0) is 9.53 Å². The van der Waals surface area contributed by atoms with Gasteiger partial charge in [0.05, 0.1) is 12.0 Å². The molecule has 1 aliphatic carbocycles. The first-order valence-corrected chi connectivity index (χ1v) is 12.6. The second kappa shape index (κ2) is 10.7. The fraction of sp³-hybridized carbons (Fsp3) is 0.276. The monoisotopic (exact) mass is 496 g/mol. The summed E-state index contributed by atoms with van der Waals surface area (Å²) in [5, 5.41) is 0.281. The van der Waals surface area contributed by atoms with Gasteiger partial charge in [0.1, 0.15) is 16.9 Å². The molecule has 5 rings (SSSR count). The Morgan fingerprint density at radius 1 is 1.08 bits per heavy atom. The van der Waals surface area contributed by atoms with Crippen LogP contribution in [0.2, 0.25) is 0 Å².